The predicted molar refractivity (Wildman–Crippen MR) is 116 cm³/mol. The fraction of sp³-hybridized carbons (Fsp3) is 0.105. The van der Waals surface area contributed by atoms with E-state index in [0.717, 1.165) is 14.9 Å². The van der Waals surface area contributed by atoms with Gasteiger partial charge in [0.2, 0.25) is 0 Å². The zero-order valence-electron chi connectivity index (χ0n) is 14.6. The molecule has 1 saturated heterocycles. The van der Waals surface area contributed by atoms with Gasteiger partial charge >= 0.3 is 5.97 Å². The van der Waals surface area contributed by atoms with Gasteiger partial charge in [-0.1, -0.05) is 6.07 Å². The third kappa shape index (κ3) is 5.26. The molecule has 1 fully saturated rings. The molecule has 0 aliphatic carbocycles. The number of aliphatic imine (C=N–C) groups is 1. The summed E-state index contributed by atoms with van der Waals surface area (Å²) in [6.07, 6.45) is 1.75. The van der Waals surface area contributed by atoms with Crippen LogP contribution in [0.2, 0.25) is 0 Å². The van der Waals surface area contributed by atoms with Crippen molar-refractivity contribution in [1.82, 2.24) is 5.32 Å². The number of ether oxygens (including phenoxy) is 2. The minimum Gasteiger partial charge on any atom is -0.497 e. The Kier molecular flexibility index (Phi) is 6.57. The molecule has 9 heteroatoms. The third-order valence-electron chi connectivity index (χ3n) is 3.56. The lowest BCUT2D eigenvalue weighted by molar-refractivity contribution is -0.139. The van der Waals surface area contributed by atoms with Gasteiger partial charge in [-0.3, -0.25) is 4.79 Å². The summed E-state index contributed by atoms with van der Waals surface area (Å²) in [5, 5.41) is 11.9. The summed E-state index contributed by atoms with van der Waals surface area (Å²) in [5.74, 6) is -0.0448. The first-order valence-corrected chi connectivity index (χ1v) is 9.92. The van der Waals surface area contributed by atoms with Crippen molar-refractivity contribution >= 4 is 63.2 Å². The molecular formula is C19H15IN2O5S. The highest BCUT2D eigenvalue weighted by molar-refractivity contribution is 14.1. The monoisotopic (exact) mass is 510 g/mol. The maximum absolute atomic E-state index is 12.2. The number of amidine groups is 1. The smallest absolute Gasteiger partial charge is 0.341 e. The van der Waals surface area contributed by atoms with E-state index in [9.17, 15) is 9.59 Å². The number of hydrogen-bond acceptors (Lipinski definition) is 6. The van der Waals surface area contributed by atoms with E-state index < -0.39 is 12.6 Å². The van der Waals surface area contributed by atoms with Crippen molar-refractivity contribution in [2.24, 2.45) is 4.99 Å². The van der Waals surface area contributed by atoms with Crippen molar-refractivity contribution in [1.29, 1.82) is 0 Å². The van der Waals surface area contributed by atoms with Gasteiger partial charge < -0.3 is 19.9 Å². The molecular weight excluding hydrogens is 495 g/mol. The molecule has 1 aliphatic rings. The number of halogens is 1. The molecule has 28 heavy (non-hydrogen) atoms. The molecule has 1 amide bonds. The number of methoxy groups -OCH3 is 1. The zero-order valence-corrected chi connectivity index (χ0v) is 17.6. The highest BCUT2D eigenvalue weighted by atomic mass is 127. The van der Waals surface area contributed by atoms with Gasteiger partial charge in [-0.15, -0.1) is 0 Å². The first-order chi connectivity index (χ1) is 13.4. The van der Waals surface area contributed by atoms with Crippen LogP contribution in [0.15, 0.2) is 52.4 Å². The molecule has 0 bridgehead atoms. The van der Waals surface area contributed by atoms with Crippen molar-refractivity contribution in [3.8, 4) is 11.5 Å². The van der Waals surface area contributed by atoms with Crippen molar-refractivity contribution in [2.45, 2.75) is 0 Å². The number of amides is 1. The molecule has 0 saturated carbocycles. The standard InChI is InChI=1S/C19H15IN2O5S/c1-26-13-5-3-12(4-6-13)21-19-22-18(25)16(28-19)9-11-2-7-15(14(20)8-11)27-10-17(23)24/h2-9H,10H2,1H3,(H,23,24)(H,21,22,25)/b16-9+. The number of nitrogens with one attached hydrogen (secondary N) is 1. The summed E-state index contributed by atoms with van der Waals surface area (Å²) in [7, 11) is 1.59. The molecule has 1 aliphatic heterocycles. The second-order valence-electron chi connectivity index (χ2n) is 5.55. The number of carboxylic acids is 1. The average molecular weight is 510 g/mol. The van der Waals surface area contributed by atoms with Crippen LogP contribution >= 0.6 is 34.4 Å². The SMILES string of the molecule is COc1ccc(N=C2NC(=O)/C(=C\c3ccc(OCC(=O)O)c(I)c3)S2)cc1. The number of carbonyl (C=O) groups is 2. The Morgan fingerprint density at radius 1 is 1.29 bits per heavy atom. The Hall–Kier alpha value is -2.53. The predicted octanol–water partition coefficient (Wildman–Crippen LogP) is 3.65. The van der Waals surface area contributed by atoms with E-state index in [1.165, 1.54) is 11.8 Å². The van der Waals surface area contributed by atoms with Crippen molar-refractivity contribution in [3.05, 3.63) is 56.5 Å². The number of aliphatic carboxylic acids is 1. The summed E-state index contributed by atoms with van der Waals surface area (Å²) in [6.45, 7) is -0.403. The van der Waals surface area contributed by atoms with Crippen LogP contribution in [0.25, 0.3) is 6.08 Å². The number of carboxylic acid groups (broad SMARTS) is 1. The Balaban J connectivity index is 1.73. The van der Waals surface area contributed by atoms with Crippen LogP contribution in [-0.4, -0.2) is 35.9 Å². The normalized spacial score (nSPS) is 16.3. The summed E-state index contributed by atoms with van der Waals surface area (Å²) < 4.78 is 11.1. The molecule has 0 atom stereocenters. The van der Waals surface area contributed by atoms with Crippen molar-refractivity contribution in [3.63, 3.8) is 0 Å². The quantitative estimate of drug-likeness (QED) is 0.455. The van der Waals surface area contributed by atoms with Gasteiger partial charge in [-0.2, -0.15) is 0 Å². The Morgan fingerprint density at radius 3 is 2.68 bits per heavy atom. The molecule has 7 nitrogen and oxygen atoms in total. The second kappa shape index (κ2) is 9.11. The number of benzene rings is 2. The van der Waals surface area contributed by atoms with E-state index in [4.69, 9.17) is 14.6 Å². The van der Waals surface area contributed by atoms with Crippen LogP contribution in [0.3, 0.4) is 0 Å². The largest absolute Gasteiger partial charge is 0.497 e. The van der Waals surface area contributed by atoms with Gasteiger partial charge in [-0.05, 0) is 82.4 Å². The van der Waals surface area contributed by atoms with Gasteiger partial charge in [-0.25, -0.2) is 9.79 Å². The van der Waals surface area contributed by atoms with Gasteiger partial charge in [0.05, 0.1) is 21.3 Å². The zero-order chi connectivity index (χ0) is 20.1. The number of rotatable bonds is 6. The van der Waals surface area contributed by atoms with E-state index in [2.05, 4.69) is 32.9 Å². The van der Waals surface area contributed by atoms with Gasteiger partial charge in [0.15, 0.2) is 11.8 Å². The van der Waals surface area contributed by atoms with E-state index in [0.29, 0.717) is 21.5 Å². The molecule has 2 aromatic carbocycles. The summed E-state index contributed by atoms with van der Waals surface area (Å²) >= 11 is 3.31. The highest BCUT2D eigenvalue weighted by Gasteiger charge is 2.23. The summed E-state index contributed by atoms with van der Waals surface area (Å²) in [4.78, 5) is 27.8. The molecule has 0 radical (unpaired) electrons. The molecule has 1 heterocycles. The van der Waals surface area contributed by atoms with E-state index in [-0.39, 0.29) is 5.91 Å². The third-order valence-corrected chi connectivity index (χ3v) is 5.31. The maximum Gasteiger partial charge on any atom is 0.341 e. The summed E-state index contributed by atoms with van der Waals surface area (Å²) in [6, 6.07) is 12.5. The van der Waals surface area contributed by atoms with Crippen LogP contribution < -0.4 is 14.8 Å². The Morgan fingerprint density at radius 2 is 2.04 bits per heavy atom. The van der Waals surface area contributed by atoms with Gasteiger partial charge in [0, 0.05) is 0 Å². The van der Waals surface area contributed by atoms with Crippen LogP contribution in [0.1, 0.15) is 5.56 Å². The average Bonchev–Trinajstić information content (AvgIpc) is 3.00. The lowest BCUT2D eigenvalue weighted by atomic mass is 10.2. The molecule has 3 rings (SSSR count). The highest BCUT2D eigenvalue weighted by Crippen LogP contribution is 2.30. The lowest BCUT2D eigenvalue weighted by Crippen LogP contribution is -2.19. The van der Waals surface area contributed by atoms with Crippen LogP contribution in [0, 0.1) is 3.57 Å². The molecule has 2 N–H and O–H groups in total. The van der Waals surface area contributed by atoms with Crippen LogP contribution in [0.5, 0.6) is 11.5 Å². The van der Waals surface area contributed by atoms with E-state index in [1.54, 1.807) is 49.6 Å². The first kappa shape index (κ1) is 20.2. The molecule has 0 unspecified atom stereocenters. The van der Waals surface area contributed by atoms with Crippen LogP contribution in [0.4, 0.5) is 5.69 Å². The number of hydrogen-bond donors (Lipinski definition) is 2. The minimum absolute atomic E-state index is 0.224. The number of nitrogens with zero attached hydrogens (tertiary/aromatic N) is 1. The van der Waals surface area contributed by atoms with Gasteiger partial charge in [0.25, 0.3) is 5.91 Å². The molecule has 0 aromatic heterocycles. The van der Waals surface area contributed by atoms with Crippen molar-refractivity contribution in [2.75, 3.05) is 13.7 Å². The first-order valence-electron chi connectivity index (χ1n) is 8.02. The molecule has 0 spiro atoms. The Labute approximate surface area is 179 Å². The second-order valence-corrected chi connectivity index (χ2v) is 7.74. The van der Waals surface area contributed by atoms with Gasteiger partial charge in [0.1, 0.15) is 11.5 Å². The van der Waals surface area contributed by atoms with E-state index >= 15 is 0 Å². The van der Waals surface area contributed by atoms with E-state index in [1.807, 2.05) is 6.07 Å². The topological polar surface area (TPSA) is 97.2 Å². The Bertz CT molecular complexity index is 973. The number of thioether (sulfide) groups is 1. The molecule has 144 valence electrons. The maximum atomic E-state index is 12.2. The van der Waals surface area contributed by atoms with Crippen molar-refractivity contribution < 1.29 is 24.2 Å². The fourth-order valence-electron chi connectivity index (χ4n) is 2.27. The molecule has 2 aromatic rings. The minimum atomic E-state index is -1.04. The number of carbonyl (C=O) groups excluding carboxylic acids is 1. The lowest BCUT2D eigenvalue weighted by Gasteiger charge is -2.06. The fourth-order valence-corrected chi connectivity index (χ4v) is 3.81. The van der Waals surface area contributed by atoms with Crippen LogP contribution in [-0.2, 0) is 9.59 Å². The summed E-state index contributed by atoms with van der Waals surface area (Å²) in [5.41, 5.74) is 1.51.